The molecule has 1 N–H and O–H groups in total. The molecule has 0 unspecified atom stereocenters. The van der Waals surface area contributed by atoms with Crippen LogP contribution in [0.15, 0.2) is 17.0 Å². The number of ether oxygens (including phenoxy) is 2. The Labute approximate surface area is 119 Å². The van der Waals surface area contributed by atoms with Crippen molar-refractivity contribution < 1.29 is 27.5 Å². The van der Waals surface area contributed by atoms with E-state index in [1.165, 1.54) is 26.0 Å². The quantitative estimate of drug-likeness (QED) is 0.476. The third-order valence-corrected chi connectivity index (χ3v) is 3.21. The Balaban J connectivity index is 2.73. The van der Waals surface area contributed by atoms with Crippen LogP contribution in [0.5, 0.6) is 11.5 Å². The molecule has 0 aliphatic rings. The molecule has 1 rings (SSSR count). The summed E-state index contributed by atoms with van der Waals surface area (Å²) < 4.78 is 46.1. The average Bonchev–Trinajstić information content (AvgIpc) is 2.41. The Morgan fingerprint density at radius 3 is 2.25 bits per heavy atom. The van der Waals surface area contributed by atoms with Crippen LogP contribution in [0.25, 0.3) is 0 Å². The molecule has 0 amide bonds. The van der Waals surface area contributed by atoms with E-state index in [9.17, 15) is 13.2 Å². The minimum atomic E-state index is -4.35. The van der Waals surface area contributed by atoms with Gasteiger partial charge in [-0.2, -0.15) is 18.7 Å². The summed E-state index contributed by atoms with van der Waals surface area (Å²) in [7, 11) is 3.01. The summed E-state index contributed by atoms with van der Waals surface area (Å²) in [6.45, 7) is -1.21. The van der Waals surface area contributed by atoms with Gasteiger partial charge in [0.05, 0.1) is 14.2 Å². The third kappa shape index (κ3) is 5.10. The minimum Gasteiger partial charge on any atom is -0.493 e. The molecule has 0 atom stereocenters. The number of hydrogen-bond acceptors (Lipinski definition) is 5. The van der Waals surface area contributed by atoms with E-state index in [-0.39, 0.29) is 6.54 Å². The van der Waals surface area contributed by atoms with E-state index in [1.54, 1.807) is 12.1 Å². The lowest BCUT2D eigenvalue weighted by molar-refractivity contribution is -0.190. The molecule has 0 radical (unpaired) electrons. The summed E-state index contributed by atoms with van der Waals surface area (Å²) in [4.78, 5) is 5.24. The van der Waals surface area contributed by atoms with Crippen molar-refractivity contribution >= 4 is 11.8 Å². The van der Waals surface area contributed by atoms with E-state index in [2.05, 4.69) is 10.3 Å². The number of nitrogens with one attached hydrogen (secondary N) is 1. The number of alkyl halides is 3. The van der Waals surface area contributed by atoms with Crippen molar-refractivity contribution in [1.82, 2.24) is 5.48 Å². The number of hydroxylamine groups is 1. The lowest BCUT2D eigenvalue weighted by Crippen LogP contribution is -2.24. The van der Waals surface area contributed by atoms with Crippen molar-refractivity contribution in [1.29, 1.82) is 0 Å². The number of thioether (sulfide) groups is 1. The van der Waals surface area contributed by atoms with E-state index < -0.39 is 12.8 Å². The maximum Gasteiger partial charge on any atom is 0.413 e. The van der Waals surface area contributed by atoms with E-state index in [1.807, 2.05) is 6.26 Å². The SMILES string of the molecule is COc1cc(CNOCC(F)(F)F)c(SC)cc1OC. The first kappa shape index (κ1) is 16.9. The number of rotatable bonds is 7. The molecule has 0 aromatic heterocycles. The largest absolute Gasteiger partial charge is 0.493 e. The van der Waals surface area contributed by atoms with Gasteiger partial charge in [0, 0.05) is 11.4 Å². The topological polar surface area (TPSA) is 39.7 Å². The average molecular weight is 311 g/mol. The molecule has 0 bridgehead atoms. The Morgan fingerprint density at radius 1 is 1.15 bits per heavy atom. The minimum absolute atomic E-state index is 0.132. The smallest absolute Gasteiger partial charge is 0.413 e. The number of methoxy groups -OCH3 is 2. The highest BCUT2D eigenvalue weighted by Crippen LogP contribution is 2.34. The van der Waals surface area contributed by atoms with Gasteiger partial charge in [-0.1, -0.05) is 0 Å². The van der Waals surface area contributed by atoms with Crippen LogP contribution in [-0.4, -0.2) is 33.3 Å². The van der Waals surface area contributed by atoms with Gasteiger partial charge in [0.15, 0.2) is 18.1 Å². The summed E-state index contributed by atoms with van der Waals surface area (Å²) in [6.07, 6.45) is -2.49. The summed E-state index contributed by atoms with van der Waals surface area (Å²) in [5.41, 5.74) is 3.05. The molecule has 8 heteroatoms. The van der Waals surface area contributed by atoms with Crippen LogP contribution in [0, 0.1) is 0 Å². The number of halogens is 3. The molecular formula is C12H16F3NO3S. The van der Waals surface area contributed by atoms with Crippen LogP contribution in [0.1, 0.15) is 5.56 Å². The zero-order valence-corrected chi connectivity index (χ0v) is 12.2. The molecule has 20 heavy (non-hydrogen) atoms. The molecule has 0 aliphatic heterocycles. The Hall–Kier alpha value is -1.12. The highest BCUT2D eigenvalue weighted by molar-refractivity contribution is 7.98. The fourth-order valence-electron chi connectivity index (χ4n) is 1.49. The number of hydrogen-bond donors (Lipinski definition) is 1. The molecule has 0 heterocycles. The Bertz CT molecular complexity index is 441. The normalized spacial score (nSPS) is 11.5. The summed E-state index contributed by atoms with van der Waals surface area (Å²) >= 11 is 1.45. The molecule has 1 aromatic carbocycles. The van der Waals surface area contributed by atoms with Crippen molar-refractivity contribution in [2.45, 2.75) is 17.6 Å². The van der Waals surface area contributed by atoms with Gasteiger partial charge < -0.3 is 9.47 Å². The predicted octanol–water partition coefficient (Wildman–Crippen LogP) is 3.01. The second-order valence-electron chi connectivity index (χ2n) is 3.74. The van der Waals surface area contributed by atoms with Crippen molar-refractivity contribution in [3.8, 4) is 11.5 Å². The van der Waals surface area contributed by atoms with Crippen LogP contribution >= 0.6 is 11.8 Å². The van der Waals surface area contributed by atoms with Crippen molar-refractivity contribution in [3.05, 3.63) is 17.7 Å². The van der Waals surface area contributed by atoms with Crippen LogP contribution in [-0.2, 0) is 11.4 Å². The van der Waals surface area contributed by atoms with E-state index in [0.717, 1.165) is 10.5 Å². The maximum absolute atomic E-state index is 11.9. The predicted molar refractivity (Wildman–Crippen MR) is 70.2 cm³/mol. The molecule has 0 saturated carbocycles. The summed E-state index contributed by atoms with van der Waals surface area (Å²) in [6, 6.07) is 3.47. The zero-order chi connectivity index (χ0) is 15.2. The van der Waals surface area contributed by atoms with Gasteiger partial charge in [-0.3, -0.25) is 4.84 Å². The van der Waals surface area contributed by atoms with Gasteiger partial charge >= 0.3 is 6.18 Å². The van der Waals surface area contributed by atoms with Crippen LogP contribution in [0.2, 0.25) is 0 Å². The van der Waals surface area contributed by atoms with Gasteiger partial charge in [-0.25, -0.2) is 0 Å². The highest BCUT2D eigenvalue weighted by Gasteiger charge is 2.27. The monoisotopic (exact) mass is 311 g/mol. The highest BCUT2D eigenvalue weighted by atomic mass is 32.2. The second kappa shape index (κ2) is 7.61. The molecule has 0 spiro atoms. The fourth-order valence-corrected chi connectivity index (χ4v) is 2.11. The van der Waals surface area contributed by atoms with Crippen molar-refractivity contribution in [2.75, 3.05) is 27.1 Å². The molecular weight excluding hydrogens is 295 g/mol. The lowest BCUT2D eigenvalue weighted by atomic mass is 10.2. The van der Waals surface area contributed by atoms with Crippen molar-refractivity contribution in [2.24, 2.45) is 0 Å². The van der Waals surface area contributed by atoms with Gasteiger partial charge in [0.1, 0.15) is 0 Å². The van der Waals surface area contributed by atoms with E-state index >= 15 is 0 Å². The van der Waals surface area contributed by atoms with Crippen LogP contribution in [0.4, 0.5) is 13.2 Å². The van der Waals surface area contributed by atoms with E-state index in [0.29, 0.717) is 11.5 Å². The first-order valence-corrected chi connectivity index (χ1v) is 6.84. The molecule has 0 saturated heterocycles. The second-order valence-corrected chi connectivity index (χ2v) is 4.59. The maximum atomic E-state index is 11.9. The molecule has 0 fully saturated rings. The molecule has 1 aromatic rings. The lowest BCUT2D eigenvalue weighted by Gasteiger charge is -2.14. The summed E-state index contributed by atoms with van der Waals surface area (Å²) in [5.74, 6) is 1.08. The molecule has 0 aliphatic carbocycles. The fraction of sp³-hybridized carbons (Fsp3) is 0.500. The Morgan fingerprint density at radius 2 is 1.75 bits per heavy atom. The van der Waals surface area contributed by atoms with Gasteiger partial charge in [0.2, 0.25) is 0 Å². The van der Waals surface area contributed by atoms with Crippen molar-refractivity contribution in [3.63, 3.8) is 0 Å². The Kier molecular flexibility index (Phi) is 6.44. The zero-order valence-electron chi connectivity index (χ0n) is 11.3. The standard InChI is InChI=1S/C12H16F3NO3S/c1-17-9-4-8(6-16-19-7-12(13,14)15)11(20-3)5-10(9)18-2/h4-5,16H,6-7H2,1-3H3. The van der Waals surface area contributed by atoms with Gasteiger partial charge in [-0.05, 0) is 24.0 Å². The van der Waals surface area contributed by atoms with Gasteiger partial charge in [-0.15, -0.1) is 11.8 Å². The molecule has 4 nitrogen and oxygen atoms in total. The van der Waals surface area contributed by atoms with Gasteiger partial charge in [0.25, 0.3) is 0 Å². The van der Waals surface area contributed by atoms with Crippen LogP contribution in [0.3, 0.4) is 0 Å². The number of benzene rings is 1. The van der Waals surface area contributed by atoms with Crippen LogP contribution < -0.4 is 15.0 Å². The molecule has 114 valence electrons. The summed E-state index contributed by atoms with van der Waals surface area (Å²) in [5, 5.41) is 0. The van der Waals surface area contributed by atoms with E-state index in [4.69, 9.17) is 9.47 Å². The third-order valence-electron chi connectivity index (χ3n) is 2.39. The first-order valence-electron chi connectivity index (χ1n) is 5.61. The first-order chi connectivity index (χ1) is 9.41.